The highest BCUT2D eigenvalue weighted by Gasteiger charge is 2.36. The molecule has 19 heavy (non-hydrogen) atoms. The molecule has 0 aromatic carbocycles. The Bertz CT molecular complexity index is 437. The number of aromatic nitrogens is 1. The van der Waals surface area contributed by atoms with Gasteiger partial charge in [0.05, 0.1) is 5.69 Å². The number of halogens is 3. The first-order valence-corrected chi connectivity index (χ1v) is 6.96. The molecule has 0 bridgehead atoms. The van der Waals surface area contributed by atoms with Crippen molar-refractivity contribution in [1.82, 2.24) is 9.88 Å². The van der Waals surface area contributed by atoms with E-state index in [1.807, 2.05) is 13.8 Å². The molecule has 1 aromatic heterocycles. The molecule has 108 valence electrons. The first kappa shape index (κ1) is 15.9. The number of amides is 1. The molecule has 0 atom stereocenters. The second-order valence-corrected chi connectivity index (χ2v) is 5.22. The lowest BCUT2D eigenvalue weighted by molar-refractivity contribution is -0.137. The standard InChI is InChI=1S/C12H17F3N2OS/c1-4-6-17(7-5-2)10(18)9-8(3)16-11(19-9)12(13,14)15/h4-7H2,1-3H3. The monoisotopic (exact) mass is 294 g/mol. The maximum atomic E-state index is 12.6. The lowest BCUT2D eigenvalue weighted by Crippen LogP contribution is -2.32. The molecule has 0 radical (unpaired) electrons. The van der Waals surface area contributed by atoms with Crippen LogP contribution in [0.3, 0.4) is 0 Å². The molecule has 3 nitrogen and oxygen atoms in total. The Balaban J connectivity index is 3.01. The average Bonchev–Trinajstić information content (AvgIpc) is 2.70. The smallest absolute Gasteiger partial charge is 0.338 e. The normalized spacial score (nSPS) is 11.7. The third kappa shape index (κ3) is 3.92. The summed E-state index contributed by atoms with van der Waals surface area (Å²) in [6, 6.07) is 0. The van der Waals surface area contributed by atoms with E-state index >= 15 is 0 Å². The van der Waals surface area contributed by atoms with E-state index < -0.39 is 11.2 Å². The first-order valence-electron chi connectivity index (χ1n) is 6.15. The fourth-order valence-corrected chi connectivity index (χ4v) is 2.62. The van der Waals surface area contributed by atoms with Gasteiger partial charge in [0.25, 0.3) is 5.91 Å². The van der Waals surface area contributed by atoms with E-state index in [-0.39, 0.29) is 16.5 Å². The van der Waals surface area contributed by atoms with Gasteiger partial charge in [0, 0.05) is 13.1 Å². The summed E-state index contributed by atoms with van der Waals surface area (Å²) < 4.78 is 37.7. The van der Waals surface area contributed by atoms with Gasteiger partial charge < -0.3 is 4.90 Å². The molecule has 0 fully saturated rings. The predicted molar refractivity (Wildman–Crippen MR) is 68.3 cm³/mol. The predicted octanol–water partition coefficient (Wildman–Crippen LogP) is 3.73. The van der Waals surface area contributed by atoms with Crippen LogP contribution < -0.4 is 0 Å². The van der Waals surface area contributed by atoms with Crippen molar-refractivity contribution in [2.75, 3.05) is 13.1 Å². The van der Waals surface area contributed by atoms with Crippen molar-refractivity contribution in [1.29, 1.82) is 0 Å². The van der Waals surface area contributed by atoms with E-state index in [4.69, 9.17) is 0 Å². The lowest BCUT2D eigenvalue weighted by atomic mass is 10.3. The Kier molecular flexibility index (Phi) is 5.34. The molecule has 0 aliphatic rings. The quantitative estimate of drug-likeness (QED) is 0.829. The van der Waals surface area contributed by atoms with Gasteiger partial charge in [-0.2, -0.15) is 13.2 Å². The number of carbonyl (C=O) groups is 1. The Labute approximate surface area is 114 Å². The zero-order valence-corrected chi connectivity index (χ0v) is 12.0. The molecule has 1 heterocycles. The Morgan fingerprint density at radius 1 is 1.26 bits per heavy atom. The lowest BCUT2D eigenvalue weighted by Gasteiger charge is -2.20. The van der Waals surface area contributed by atoms with Gasteiger partial charge in [-0.1, -0.05) is 13.8 Å². The van der Waals surface area contributed by atoms with E-state index in [0.717, 1.165) is 12.8 Å². The van der Waals surface area contributed by atoms with Crippen LogP contribution in [0.4, 0.5) is 13.2 Å². The molecule has 0 aliphatic heterocycles. The number of nitrogens with zero attached hydrogens (tertiary/aromatic N) is 2. The highest BCUT2D eigenvalue weighted by atomic mass is 32.1. The number of carbonyl (C=O) groups excluding carboxylic acids is 1. The minimum absolute atomic E-state index is 0.0919. The summed E-state index contributed by atoms with van der Waals surface area (Å²) in [5.41, 5.74) is 0.152. The molecule has 7 heteroatoms. The summed E-state index contributed by atoms with van der Waals surface area (Å²) in [4.78, 5) is 17.3. The maximum Gasteiger partial charge on any atom is 0.443 e. The third-order valence-electron chi connectivity index (χ3n) is 2.51. The summed E-state index contributed by atoms with van der Waals surface area (Å²) in [7, 11) is 0. The van der Waals surface area contributed by atoms with Crippen molar-refractivity contribution in [3.8, 4) is 0 Å². The van der Waals surface area contributed by atoms with Gasteiger partial charge >= 0.3 is 6.18 Å². The molecule has 0 saturated carbocycles. The molecule has 0 aliphatic carbocycles. The van der Waals surface area contributed by atoms with Gasteiger partial charge in [0.2, 0.25) is 0 Å². The van der Waals surface area contributed by atoms with E-state index in [0.29, 0.717) is 24.4 Å². The fraction of sp³-hybridized carbons (Fsp3) is 0.667. The summed E-state index contributed by atoms with van der Waals surface area (Å²) >= 11 is 0.427. The van der Waals surface area contributed by atoms with Gasteiger partial charge in [-0.15, -0.1) is 11.3 Å². The average molecular weight is 294 g/mol. The Hall–Kier alpha value is -1.11. The first-order chi connectivity index (χ1) is 8.81. The highest BCUT2D eigenvalue weighted by molar-refractivity contribution is 7.13. The van der Waals surface area contributed by atoms with Gasteiger partial charge in [0.1, 0.15) is 4.88 Å². The van der Waals surface area contributed by atoms with Gasteiger partial charge in [-0.3, -0.25) is 4.79 Å². The van der Waals surface area contributed by atoms with E-state index in [1.165, 1.54) is 6.92 Å². The Morgan fingerprint density at radius 2 is 1.79 bits per heavy atom. The summed E-state index contributed by atoms with van der Waals surface area (Å²) in [5, 5.41) is -0.957. The molecular weight excluding hydrogens is 277 g/mol. The molecular formula is C12H17F3N2OS. The zero-order chi connectivity index (χ0) is 14.6. The molecule has 1 amide bonds. The van der Waals surface area contributed by atoms with Crippen LogP contribution >= 0.6 is 11.3 Å². The number of alkyl halides is 3. The van der Waals surface area contributed by atoms with Crippen LogP contribution in [0, 0.1) is 6.92 Å². The van der Waals surface area contributed by atoms with Crippen LogP contribution in [-0.2, 0) is 6.18 Å². The van der Waals surface area contributed by atoms with E-state index in [2.05, 4.69) is 4.98 Å². The van der Waals surface area contributed by atoms with Crippen molar-refractivity contribution < 1.29 is 18.0 Å². The highest BCUT2D eigenvalue weighted by Crippen LogP contribution is 2.34. The molecule has 0 unspecified atom stereocenters. The molecule has 0 N–H and O–H groups in total. The number of thiazole rings is 1. The fourth-order valence-electron chi connectivity index (χ4n) is 1.71. The second kappa shape index (κ2) is 6.36. The van der Waals surface area contributed by atoms with Crippen molar-refractivity contribution in [2.24, 2.45) is 0 Å². The van der Waals surface area contributed by atoms with Crippen LogP contribution in [0.1, 0.15) is 47.1 Å². The summed E-state index contributed by atoms with van der Waals surface area (Å²) in [6.07, 6.45) is -2.94. The van der Waals surface area contributed by atoms with Crippen molar-refractivity contribution >= 4 is 17.2 Å². The van der Waals surface area contributed by atoms with Gasteiger partial charge in [0.15, 0.2) is 5.01 Å². The van der Waals surface area contributed by atoms with Crippen molar-refractivity contribution in [3.63, 3.8) is 0 Å². The SMILES string of the molecule is CCCN(CCC)C(=O)c1sc(C(F)(F)F)nc1C. The van der Waals surface area contributed by atoms with Crippen LogP contribution in [0.25, 0.3) is 0 Å². The zero-order valence-electron chi connectivity index (χ0n) is 11.2. The van der Waals surface area contributed by atoms with Crippen LogP contribution in [0.15, 0.2) is 0 Å². The van der Waals surface area contributed by atoms with E-state index in [9.17, 15) is 18.0 Å². The number of hydrogen-bond donors (Lipinski definition) is 0. The molecule has 0 saturated heterocycles. The molecule has 0 spiro atoms. The maximum absolute atomic E-state index is 12.6. The summed E-state index contributed by atoms with van der Waals surface area (Å²) in [5.74, 6) is -0.353. The minimum atomic E-state index is -4.49. The minimum Gasteiger partial charge on any atom is -0.338 e. The second-order valence-electron chi connectivity index (χ2n) is 4.22. The van der Waals surface area contributed by atoms with Crippen molar-refractivity contribution in [3.05, 3.63) is 15.6 Å². The topological polar surface area (TPSA) is 33.2 Å². The van der Waals surface area contributed by atoms with Crippen LogP contribution in [0.2, 0.25) is 0 Å². The van der Waals surface area contributed by atoms with Crippen LogP contribution in [-0.4, -0.2) is 28.9 Å². The Morgan fingerprint density at radius 3 is 2.16 bits per heavy atom. The number of aryl methyl sites for hydroxylation is 1. The van der Waals surface area contributed by atoms with Crippen LogP contribution in [0.5, 0.6) is 0 Å². The number of hydrogen-bond acceptors (Lipinski definition) is 3. The summed E-state index contributed by atoms with van der Waals surface area (Å²) in [6.45, 7) is 6.39. The van der Waals surface area contributed by atoms with Gasteiger partial charge in [-0.25, -0.2) is 4.98 Å². The van der Waals surface area contributed by atoms with Gasteiger partial charge in [-0.05, 0) is 19.8 Å². The molecule has 1 rings (SSSR count). The third-order valence-corrected chi connectivity index (χ3v) is 3.70. The molecule has 1 aromatic rings. The number of rotatable bonds is 5. The van der Waals surface area contributed by atoms with E-state index in [1.54, 1.807) is 4.90 Å². The largest absolute Gasteiger partial charge is 0.443 e. The van der Waals surface area contributed by atoms with Crippen molar-refractivity contribution in [2.45, 2.75) is 39.8 Å².